The van der Waals surface area contributed by atoms with Crippen LogP contribution in [0.5, 0.6) is 0 Å². The van der Waals surface area contributed by atoms with Crippen LogP contribution in [0.3, 0.4) is 0 Å². The first-order chi connectivity index (χ1) is 5.78. The van der Waals surface area contributed by atoms with Gasteiger partial charge >= 0.3 is 0 Å². The van der Waals surface area contributed by atoms with E-state index in [2.05, 4.69) is 10.0 Å². The van der Waals surface area contributed by atoms with Crippen LogP contribution in [0.25, 0.3) is 0 Å². The topological polar surface area (TPSA) is 75.3 Å². The second-order valence-corrected chi connectivity index (χ2v) is 5.01. The quantitative estimate of drug-likeness (QED) is 0.642. The van der Waals surface area contributed by atoms with Gasteiger partial charge in [0, 0.05) is 7.05 Å². The summed E-state index contributed by atoms with van der Waals surface area (Å²) in [5, 5.41) is 2.40. The van der Waals surface area contributed by atoms with Crippen LogP contribution in [0.4, 0.5) is 0 Å². The third kappa shape index (κ3) is 4.84. The number of carbonyl (C=O) groups excluding carboxylic acids is 1. The SMILES string of the molecule is CNC(=O)C(NS(C)(=O)=O)C(C)C. The van der Waals surface area contributed by atoms with Crippen molar-refractivity contribution in [1.29, 1.82) is 0 Å². The first-order valence-corrected chi connectivity index (χ1v) is 5.86. The maximum Gasteiger partial charge on any atom is 0.238 e. The van der Waals surface area contributed by atoms with Gasteiger partial charge in [0.1, 0.15) is 6.04 Å². The first kappa shape index (κ1) is 12.4. The Balaban J connectivity index is 4.55. The fourth-order valence-electron chi connectivity index (χ4n) is 0.878. The molecular weight excluding hydrogens is 192 g/mol. The van der Waals surface area contributed by atoms with Crippen molar-refractivity contribution in [3.63, 3.8) is 0 Å². The van der Waals surface area contributed by atoms with Gasteiger partial charge in [-0.2, -0.15) is 0 Å². The zero-order chi connectivity index (χ0) is 10.6. The van der Waals surface area contributed by atoms with E-state index in [4.69, 9.17) is 0 Å². The predicted molar refractivity (Wildman–Crippen MR) is 50.7 cm³/mol. The van der Waals surface area contributed by atoms with Gasteiger partial charge in [-0.15, -0.1) is 0 Å². The number of amides is 1. The molecule has 2 N–H and O–H groups in total. The molecule has 78 valence electrons. The summed E-state index contributed by atoms with van der Waals surface area (Å²) in [6.07, 6.45) is 1.03. The number of hydrogen-bond acceptors (Lipinski definition) is 3. The van der Waals surface area contributed by atoms with Crippen molar-refractivity contribution in [3.05, 3.63) is 0 Å². The van der Waals surface area contributed by atoms with Gasteiger partial charge < -0.3 is 5.32 Å². The van der Waals surface area contributed by atoms with Crippen LogP contribution in [0.1, 0.15) is 13.8 Å². The summed E-state index contributed by atoms with van der Waals surface area (Å²) in [5.74, 6) is -0.393. The van der Waals surface area contributed by atoms with Crippen molar-refractivity contribution >= 4 is 15.9 Å². The molecule has 0 rings (SSSR count). The van der Waals surface area contributed by atoms with Crippen LogP contribution in [-0.4, -0.2) is 33.7 Å². The average Bonchev–Trinajstić information content (AvgIpc) is 1.96. The Labute approximate surface area is 79.0 Å². The van der Waals surface area contributed by atoms with Crippen molar-refractivity contribution in [2.45, 2.75) is 19.9 Å². The molecular formula is C7H16N2O3S. The molecule has 0 aliphatic carbocycles. The summed E-state index contributed by atoms with van der Waals surface area (Å²) < 4.78 is 24.0. The summed E-state index contributed by atoms with van der Waals surface area (Å²) in [6.45, 7) is 3.55. The lowest BCUT2D eigenvalue weighted by Crippen LogP contribution is -2.48. The minimum Gasteiger partial charge on any atom is -0.358 e. The van der Waals surface area contributed by atoms with Gasteiger partial charge in [-0.05, 0) is 5.92 Å². The molecule has 0 spiro atoms. The van der Waals surface area contributed by atoms with Crippen LogP contribution in [0.15, 0.2) is 0 Å². The molecule has 1 unspecified atom stereocenters. The second-order valence-electron chi connectivity index (χ2n) is 3.23. The van der Waals surface area contributed by atoms with Crippen molar-refractivity contribution in [1.82, 2.24) is 10.0 Å². The number of rotatable bonds is 4. The highest BCUT2D eigenvalue weighted by atomic mass is 32.2. The third-order valence-electron chi connectivity index (χ3n) is 1.54. The van der Waals surface area contributed by atoms with E-state index in [-0.39, 0.29) is 11.8 Å². The van der Waals surface area contributed by atoms with Crippen molar-refractivity contribution < 1.29 is 13.2 Å². The Hall–Kier alpha value is -0.620. The molecule has 0 heterocycles. The minimum atomic E-state index is -3.33. The Morgan fingerprint density at radius 2 is 1.77 bits per heavy atom. The third-order valence-corrected chi connectivity index (χ3v) is 2.22. The molecule has 1 atom stereocenters. The van der Waals surface area contributed by atoms with Crippen LogP contribution in [0.2, 0.25) is 0 Å². The largest absolute Gasteiger partial charge is 0.358 e. The van der Waals surface area contributed by atoms with Crippen LogP contribution >= 0.6 is 0 Å². The van der Waals surface area contributed by atoms with E-state index < -0.39 is 16.1 Å². The molecule has 0 radical (unpaired) electrons. The highest BCUT2D eigenvalue weighted by Crippen LogP contribution is 2.02. The number of carbonyl (C=O) groups is 1. The molecule has 0 aromatic carbocycles. The lowest BCUT2D eigenvalue weighted by atomic mass is 10.1. The van der Waals surface area contributed by atoms with E-state index in [1.165, 1.54) is 7.05 Å². The summed E-state index contributed by atoms with van der Waals surface area (Å²) in [5.41, 5.74) is 0. The Morgan fingerprint density at radius 1 is 1.31 bits per heavy atom. The van der Waals surface area contributed by atoms with Gasteiger partial charge in [0.15, 0.2) is 0 Å². The number of sulfonamides is 1. The predicted octanol–water partition coefficient (Wildman–Crippen LogP) is -0.694. The molecule has 0 aromatic heterocycles. The molecule has 0 aliphatic heterocycles. The summed E-state index contributed by atoms with van der Waals surface area (Å²) in [6, 6.07) is -0.694. The zero-order valence-corrected chi connectivity index (χ0v) is 9.10. The fourth-order valence-corrected chi connectivity index (χ4v) is 1.72. The van der Waals surface area contributed by atoms with Gasteiger partial charge in [-0.1, -0.05) is 13.8 Å². The molecule has 1 amide bonds. The molecule has 0 aromatic rings. The lowest BCUT2D eigenvalue weighted by molar-refractivity contribution is -0.123. The van der Waals surface area contributed by atoms with E-state index in [9.17, 15) is 13.2 Å². The summed E-state index contributed by atoms with van der Waals surface area (Å²) in [4.78, 5) is 11.2. The average molecular weight is 208 g/mol. The molecule has 0 aliphatic rings. The van der Waals surface area contributed by atoms with Gasteiger partial charge in [0.25, 0.3) is 0 Å². The molecule has 5 nitrogen and oxygen atoms in total. The molecule has 0 saturated heterocycles. The van der Waals surface area contributed by atoms with Crippen LogP contribution in [-0.2, 0) is 14.8 Å². The number of likely N-dealkylation sites (N-methyl/N-ethyl adjacent to an activating group) is 1. The Kier molecular flexibility index (Phi) is 4.35. The Bertz CT molecular complexity index is 271. The van der Waals surface area contributed by atoms with Gasteiger partial charge in [0.2, 0.25) is 15.9 Å². The molecule has 0 saturated carbocycles. The first-order valence-electron chi connectivity index (χ1n) is 3.97. The number of hydrogen-bond donors (Lipinski definition) is 2. The highest BCUT2D eigenvalue weighted by molar-refractivity contribution is 7.88. The lowest BCUT2D eigenvalue weighted by Gasteiger charge is -2.19. The monoisotopic (exact) mass is 208 g/mol. The summed E-state index contributed by atoms with van der Waals surface area (Å²) in [7, 11) is -1.86. The zero-order valence-electron chi connectivity index (χ0n) is 8.29. The Morgan fingerprint density at radius 3 is 2.00 bits per heavy atom. The minimum absolute atomic E-state index is 0.0744. The molecule has 0 bridgehead atoms. The summed E-state index contributed by atoms with van der Waals surface area (Å²) >= 11 is 0. The van der Waals surface area contributed by atoms with E-state index >= 15 is 0 Å². The van der Waals surface area contributed by atoms with E-state index in [0.29, 0.717) is 0 Å². The van der Waals surface area contributed by atoms with Gasteiger partial charge in [0.05, 0.1) is 6.26 Å². The van der Waals surface area contributed by atoms with Crippen molar-refractivity contribution in [2.75, 3.05) is 13.3 Å². The molecule has 13 heavy (non-hydrogen) atoms. The fraction of sp³-hybridized carbons (Fsp3) is 0.857. The van der Waals surface area contributed by atoms with E-state index in [1.807, 2.05) is 0 Å². The van der Waals surface area contributed by atoms with Crippen LogP contribution in [0, 0.1) is 5.92 Å². The maximum atomic E-state index is 11.2. The highest BCUT2D eigenvalue weighted by Gasteiger charge is 2.23. The smallest absolute Gasteiger partial charge is 0.238 e. The maximum absolute atomic E-state index is 11.2. The van der Waals surface area contributed by atoms with Gasteiger partial charge in [-0.25, -0.2) is 13.1 Å². The van der Waals surface area contributed by atoms with Crippen molar-refractivity contribution in [3.8, 4) is 0 Å². The normalized spacial score (nSPS) is 14.2. The number of nitrogens with one attached hydrogen (secondary N) is 2. The molecule has 6 heteroatoms. The van der Waals surface area contributed by atoms with Crippen LogP contribution < -0.4 is 10.0 Å². The van der Waals surface area contributed by atoms with E-state index in [1.54, 1.807) is 13.8 Å². The standard InChI is InChI=1S/C7H16N2O3S/c1-5(2)6(7(10)8-3)9-13(4,11)12/h5-6,9H,1-4H3,(H,8,10). The van der Waals surface area contributed by atoms with Crippen molar-refractivity contribution in [2.24, 2.45) is 5.92 Å². The van der Waals surface area contributed by atoms with Gasteiger partial charge in [-0.3, -0.25) is 4.79 Å². The second kappa shape index (κ2) is 4.57. The molecule has 0 fully saturated rings. The van der Waals surface area contributed by atoms with E-state index in [0.717, 1.165) is 6.26 Å².